The molecule has 1 fully saturated rings. The van der Waals surface area contributed by atoms with Gasteiger partial charge in [0, 0.05) is 17.7 Å². The van der Waals surface area contributed by atoms with E-state index < -0.39 is 10.8 Å². The van der Waals surface area contributed by atoms with E-state index in [-0.39, 0.29) is 17.3 Å². The molecule has 0 spiro atoms. The molecule has 1 aromatic rings. The Morgan fingerprint density at radius 3 is 2.71 bits per heavy atom. The Hall–Kier alpha value is -2.15. The van der Waals surface area contributed by atoms with Crippen molar-refractivity contribution in [2.24, 2.45) is 17.4 Å². The van der Waals surface area contributed by atoms with Gasteiger partial charge in [0.2, 0.25) is 5.91 Å². The number of nitrogens with one attached hydrogen (secondary N) is 1. The van der Waals surface area contributed by atoms with Crippen LogP contribution in [0.15, 0.2) is 18.2 Å². The minimum atomic E-state index is -0.679. The number of carbonyl (C=O) groups excluding carboxylic acids is 1. The molecule has 1 amide bonds. The van der Waals surface area contributed by atoms with Crippen molar-refractivity contribution in [1.82, 2.24) is 0 Å². The van der Waals surface area contributed by atoms with Crippen LogP contribution in [0.25, 0.3) is 0 Å². The largest absolute Gasteiger partial charge is 0.376 e. The van der Waals surface area contributed by atoms with E-state index in [4.69, 9.17) is 11.5 Å². The van der Waals surface area contributed by atoms with Crippen LogP contribution in [-0.4, -0.2) is 23.4 Å². The van der Waals surface area contributed by atoms with Crippen molar-refractivity contribution in [3.63, 3.8) is 0 Å². The predicted molar refractivity (Wildman–Crippen MR) is 80.0 cm³/mol. The summed E-state index contributed by atoms with van der Waals surface area (Å²) in [4.78, 5) is 21.8. The zero-order valence-electron chi connectivity index (χ0n) is 11.7. The smallest absolute Gasteiger partial charge is 0.293 e. The van der Waals surface area contributed by atoms with Gasteiger partial charge in [-0.2, -0.15) is 0 Å². The van der Waals surface area contributed by atoms with Crippen LogP contribution in [0.4, 0.5) is 11.4 Å². The Bertz CT molecular complexity index is 547. The summed E-state index contributed by atoms with van der Waals surface area (Å²) in [5.41, 5.74) is 11.3. The zero-order valence-corrected chi connectivity index (χ0v) is 11.7. The average molecular weight is 292 g/mol. The molecule has 1 aliphatic carbocycles. The van der Waals surface area contributed by atoms with Crippen molar-refractivity contribution >= 4 is 17.3 Å². The third-order valence-electron chi connectivity index (χ3n) is 4.03. The van der Waals surface area contributed by atoms with Crippen molar-refractivity contribution in [1.29, 1.82) is 0 Å². The Kier molecular flexibility index (Phi) is 4.74. The van der Waals surface area contributed by atoms with E-state index in [2.05, 4.69) is 5.32 Å². The fourth-order valence-corrected chi connectivity index (χ4v) is 2.84. The monoisotopic (exact) mass is 292 g/mol. The molecule has 0 radical (unpaired) electrons. The number of hydrogen-bond donors (Lipinski definition) is 3. The highest BCUT2D eigenvalue weighted by Crippen LogP contribution is 2.31. The second kappa shape index (κ2) is 6.53. The second-order valence-electron chi connectivity index (χ2n) is 5.38. The van der Waals surface area contributed by atoms with Crippen molar-refractivity contribution < 1.29 is 9.72 Å². The molecule has 1 aliphatic rings. The SMILES string of the molecule is NCC1CCCCC1Nc1ccc(C(N)=O)cc1[N+](=O)[O-]. The maximum absolute atomic E-state index is 11.2. The molecule has 1 aromatic carbocycles. The molecule has 21 heavy (non-hydrogen) atoms. The predicted octanol–water partition coefficient (Wildman–Crippen LogP) is 1.62. The lowest BCUT2D eigenvalue weighted by atomic mass is 9.84. The number of anilines is 1. The maximum atomic E-state index is 11.2. The summed E-state index contributed by atoms with van der Waals surface area (Å²) >= 11 is 0. The number of benzene rings is 1. The van der Waals surface area contributed by atoms with Crippen LogP contribution in [0.3, 0.4) is 0 Å². The van der Waals surface area contributed by atoms with E-state index in [0.29, 0.717) is 18.2 Å². The normalized spacial score (nSPS) is 21.8. The number of hydrogen-bond acceptors (Lipinski definition) is 5. The van der Waals surface area contributed by atoms with Crippen LogP contribution >= 0.6 is 0 Å². The summed E-state index contributed by atoms with van der Waals surface area (Å²) in [5, 5.41) is 14.4. The third kappa shape index (κ3) is 3.49. The molecular formula is C14H20N4O3. The molecule has 2 rings (SSSR count). The number of carbonyl (C=O) groups is 1. The first kappa shape index (κ1) is 15.2. The van der Waals surface area contributed by atoms with Gasteiger partial charge in [0.15, 0.2) is 0 Å². The maximum Gasteiger partial charge on any atom is 0.293 e. The second-order valence-corrected chi connectivity index (χ2v) is 5.38. The highest BCUT2D eigenvalue weighted by atomic mass is 16.6. The van der Waals surface area contributed by atoms with Crippen molar-refractivity contribution in [3.8, 4) is 0 Å². The van der Waals surface area contributed by atoms with E-state index in [1.807, 2.05) is 0 Å². The number of rotatable bonds is 5. The minimum Gasteiger partial charge on any atom is -0.376 e. The number of nitrogens with zero attached hydrogens (tertiary/aromatic N) is 1. The molecule has 1 saturated carbocycles. The lowest BCUT2D eigenvalue weighted by molar-refractivity contribution is -0.384. The molecule has 7 nitrogen and oxygen atoms in total. The van der Waals surface area contributed by atoms with Crippen LogP contribution < -0.4 is 16.8 Å². The third-order valence-corrected chi connectivity index (χ3v) is 4.03. The van der Waals surface area contributed by atoms with Gasteiger partial charge in [0.1, 0.15) is 5.69 Å². The molecule has 0 aromatic heterocycles. The van der Waals surface area contributed by atoms with Crippen molar-refractivity contribution in [2.75, 3.05) is 11.9 Å². The van der Waals surface area contributed by atoms with E-state index in [1.54, 1.807) is 6.07 Å². The highest BCUT2D eigenvalue weighted by Gasteiger charge is 2.26. The number of nitro benzene ring substituents is 1. The van der Waals surface area contributed by atoms with Gasteiger partial charge in [-0.05, 0) is 37.4 Å². The summed E-state index contributed by atoms with van der Waals surface area (Å²) in [7, 11) is 0. The molecule has 114 valence electrons. The fraction of sp³-hybridized carbons (Fsp3) is 0.500. The first-order valence-corrected chi connectivity index (χ1v) is 7.07. The van der Waals surface area contributed by atoms with Gasteiger partial charge in [-0.15, -0.1) is 0 Å². The molecule has 0 heterocycles. The molecule has 0 bridgehead atoms. The molecule has 2 unspecified atom stereocenters. The van der Waals surface area contributed by atoms with E-state index in [0.717, 1.165) is 25.7 Å². The average Bonchev–Trinajstić information content (AvgIpc) is 2.47. The number of amides is 1. The fourth-order valence-electron chi connectivity index (χ4n) is 2.84. The first-order valence-electron chi connectivity index (χ1n) is 7.07. The number of primary amides is 1. The summed E-state index contributed by atoms with van der Waals surface area (Å²) in [6.07, 6.45) is 4.20. The van der Waals surface area contributed by atoms with Crippen LogP contribution in [0.1, 0.15) is 36.0 Å². The Morgan fingerprint density at radius 1 is 1.38 bits per heavy atom. The zero-order chi connectivity index (χ0) is 15.4. The first-order chi connectivity index (χ1) is 10.0. The summed E-state index contributed by atoms with van der Waals surface area (Å²) in [6.45, 7) is 0.560. The number of nitrogens with two attached hydrogens (primary N) is 2. The number of nitro groups is 1. The van der Waals surface area contributed by atoms with Crippen LogP contribution in [0.2, 0.25) is 0 Å². The standard InChI is InChI=1S/C14H20N4O3/c15-8-10-3-1-2-4-11(10)17-12-6-5-9(14(16)19)7-13(12)18(20)21/h5-7,10-11,17H,1-4,8,15H2,(H2,16,19). The molecule has 0 saturated heterocycles. The van der Waals surface area contributed by atoms with Gasteiger partial charge in [-0.3, -0.25) is 14.9 Å². The lowest BCUT2D eigenvalue weighted by Crippen LogP contribution is -2.36. The Balaban J connectivity index is 2.26. The van der Waals surface area contributed by atoms with Crippen LogP contribution in [0.5, 0.6) is 0 Å². The lowest BCUT2D eigenvalue weighted by Gasteiger charge is -2.31. The quantitative estimate of drug-likeness (QED) is 0.562. The highest BCUT2D eigenvalue weighted by molar-refractivity contribution is 5.94. The van der Waals surface area contributed by atoms with Crippen LogP contribution in [-0.2, 0) is 0 Å². The summed E-state index contributed by atoms with van der Waals surface area (Å²) < 4.78 is 0. The van der Waals surface area contributed by atoms with E-state index >= 15 is 0 Å². The molecule has 2 atom stereocenters. The summed E-state index contributed by atoms with van der Waals surface area (Å²) in [6, 6.07) is 4.38. The molecular weight excluding hydrogens is 272 g/mol. The van der Waals surface area contributed by atoms with Crippen molar-refractivity contribution in [2.45, 2.75) is 31.7 Å². The molecule has 0 aliphatic heterocycles. The molecule has 7 heteroatoms. The van der Waals surface area contributed by atoms with E-state index in [1.165, 1.54) is 12.1 Å². The van der Waals surface area contributed by atoms with Gasteiger partial charge in [-0.25, -0.2) is 0 Å². The minimum absolute atomic E-state index is 0.127. The Morgan fingerprint density at radius 2 is 2.10 bits per heavy atom. The van der Waals surface area contributed by atoms with Gasteiger partial charge in [0.05, 0.1) is 4.92 Å². The van der Waals surface area contributed by atoms with Gasteiger partial charge < -0.3 is 16.8 Å². The summed E-state index contributed by atoms with van der Waals surface area (Å²) in [5.74, 6) is -0.365. The van der Waals surface area contributed by atoms with Gasteiger partial charge in [0.25, 0.3) is 5.69 Å². The van der Waals surface area contributed by atoms with E-state index in [9.17, 15) is 14.9 Å². The molecule has 5 N–H and O–H groups in total. The van der Waals surface area contributed by atoms with Crippen LogP contribution in [0, 0.1) is 16.0 Å². The van der Waals surface area contributed by atoms with Gasteiger partial charge >= 0.3 is 0 Å². The van der Waals surface area contributed by atoms with Crippen molar-refractivity contribution in [3.05, 3.63) is 33.9 Å². The topological polar surface area (TPSA) is 124 Å². The Labute approximate surface area is 122 Å². The van der Waals surface area contributed by atoms with Gasteiger partial charge in [-0.1, -0.05) is 12.8 Å².